The van der Waals surface area contributed by atoms with Crippen molar-refractivity contribution in [2.45, 2.75) is 18.9 Å². The quantitative estimate of drug-likeness (QED) is 0.593. The second-order valence-electron chi connectivity index (χ2n) is 1.92. The van der Waals surface area contributed by atoms with E-state index in [1.54, 1.807) is 0 Å². The minimum atomic E-state index is -0.999. The van der Waals surface area contributed by atoms with E-state index in [2.05, 4.69) is 4.99 Å². The summed E-state index contributed by atoms with van der Waals surface area (Å²) in [5.41, 5.74) is 0. The van der Waals surface area contributed by atoms with E-state index in [0.717, 1.165) is 0 Å². The van der Waals surface area contributed by atoms with Crippen LogP contribution in [0.2, 0.25) is 0 Å². The normalized spacial score (nSPS) is 23.2. The van der Waals surface area contributed by atoms with Gasteiger partial charge in [0.1, 0.15) is 6.04 Å². The van der Waals surface area contributed by atoms with Crippen molar-refractivity contribution in [1.29, 1.82) is 0 Å². The van der Waals surface area contributed by atoms with Crippen LogP contribution in [-0.2, 0) is 27.2 Å². The molecule has 1 atom stereocenters. The zero-order valence-electron chi connectivity index (χ0n) is 5.00. The Morgan fingerprint density at radius 1 is 1.80 bits per heavy atom. The third-order valence-electron chi connectivity index (χ3n) is 1.22. The summed E-state index contributed by atoms with van der Waals surface area (Å²) < 4.78 is 0. The molecule has 0 spiro atoms. The average Bonchev–Trinajstić information content (AvgIpc) is 2.14. The van der Waals surface area contributed by atoms with Crippen LogP contribution in [0.1, 0.15) is 12.8 Å². The van der Waals surface area contributed by atoms with E-state index in [-0.39, 0.29) is 34.7 Å². The molecule has 1 aliphatic heterocycles. The molecule has 0 saturated heterocycles. The van der Waals surface area contributed by atoms with Gasteiger partial charge in [0, 0.05) is 0 Å². The Kier molecular flexibility index (Phi) is 3.63. The molecule has 1 aliphatic rings. The van der Waals surface area contributed by atoms with Crippen molar-refractivity contribution in [2.24, 2.45) is 4.99 Å². The fraction of sp³-hybridized carbons (Fsp3) is 0.600. The number of nitrogens with zero attached hydrogens (tertiary/aromatic N) is 1. The molecular weight excluding hydrogens is 230 g/mol. The molecule has 1 heterocycles. The van der Waals surface area contributed by atoms with Gasteiger partial charge in [-0.1, -0.05) is 0 Å². The molecular formula is C5H6AgNO3. The zero-order valence-corrected chi connectivity index (χ0v) is 6.49. The van der Waals surface area contributed by atoms with Crippen molar-refractivity contribution in [3.8, 4) is 0 Å². The van der Waals surface area contributed by atoms with E-state index in [0.29, 0.717) is 6.42 Å². The van der Waals surface area contributed by atoms with Crippen molar-refractivity contribution in [3.05, 3.63) is 0 Å². The van der Waals surface area contributed by atoms with Gasteiger partial charge in [0.2, 0.25) is 0 Å². The van der Waals surface area contributed by atoms with Crippen molar-refractivity contribution in [3.63, 3.8) is 0 Å². The number of aliphatic imine (C=N–C) groups is 1. The Morgan fingerprint density at radius 2 is 2.40 bits per heavy atom. The summed E-state index contributed by atoms with van der Waals surface area (Å²) in [6.45, 7) is 0. The van der Waals surface area contributed by atoms with Crippen molar-refractivity contribution >= 4 is 11.9 Å². The second-order valence-corrected chi connectivity index (χ2v) is 1.92. The van der Waals surface area contributed by atoms with Crippen LogP contribution in [0.5, 0.6) is 0 Å². The van der Waals surface area contributed by atoms with Gasteiger partial charge in [-0.25, -0.2) is 4.79 Å². The van der Waals surface area contributed by atoms with Gasteiger partial charge in [-0.2, -0.15) is 0 Å². The minimum absolute atomic E-state index is 0. The Balaban J connectivity index is 0.000000810. The van der Waals surface area contributed by atoms with Gasteiger partial charge in [-0.15, -0.1) is 0 Å². The molecule has 0 radical (unpaired) electrons. The molecule has 0 aromatic rings. The van der Waals surface area contributed by atoms with Gasteiger partial charge < -0.3 is 10.2 Å². The number of rotatable bonds is 1. The van der Waals surface area contributed by atoms with Crippen LogP contribution < -0.4 is 5.11 Å². The molecule has 0 aliphatic carbocycles. The molecule has 10 heavy (non-hydrogen) atoms. The van der Waals surface area contributed by atoms with Crippen LogP contribution >= 0.6 is 0 Å². The first-order chi connectivity index (χ1) is 4.20. The van der Waals surface area contributed by atoms with Crippen molar-refractivity contribution in [1.82, 2.24) is 0 Å². The van der Waals surface area contributed by atoms with Crippen LogP contribution in [0.3, 0.4) is 0 Å². The summed E-state index contributed by atoms with van der Waals surface area (Å²) in [5, 5.41) is 18.6. The van der Waals surface area contributed by atoms with Gasteiger partial charge in [-0.3, -0.25) is 4.99 Å². The SMILES string of the molecule is O=C(O)[C@@H]1CCC([O-])=N1.[Ag+]. The van der Waals surface area contributed by atoms with Crippen LogP contribution in [-0.4, -0.2) is 23.0 Å². The number of carboxylic acids is 1. The second kappa shape index (κ2) is 3.75. The number of hydrogen-bond donors (Lipinski definition) is 1. The summed E-state index contributed by atoms with van der Waals surface area (Å²) in [4.78, 5) is 13.5. The minimum Gasteiger partial charge on any atom is -0.862 e. The van der Waals surface area contributed by atoms with E-state index in [1.165, 1.54) is 0 Å². The number of hydrogen-bond acceptors (Lipinski definition) is 3. The third-order valence-corrected chi connectivity index (χ3v) is 1.22. The number of carbonyl (C=O) groups is 1. The van der Waals surface area contributed by atoms with E-state index in [9.17, 15) is 9.90 Å². The van der Waals surface area contributed by atoms with Gasteiger partial charge >= 0.3 is 28.3 Å². The van der Waals surface area contributed by atoms with E-state index >= 15 is 0 Å². The predicted octanol–water partition coefficient (Wildman–Crippen LogP) is -1.01. The van der Waals surface area contributed by atoms with Crippen molar-refractivity contribution in [2.75, 3.05) is 0 Å². The number of carboxylic acid groups (broad SMARTS) is 1. The topological polar surface area (TPSA) is 72.7 Å². The van der Waals surface area contributed by atoms with Gasteiger partial charge in [0.15, 0.2) is 0 Å². The Labute approximate surface area is 73.5 Å². The summed E-state index contributed by atoms with van der Waals surface area (Å²) in [7, 11) is 0. The molecule has 0 aromatic carbocycles. The largest absolute Gasteiger partial charge is 1.00 e. The molecule has 4 nitrogen and oxygen atoms in total. The molecule has 0 unspecified atom stereocenters. The first-order valence-electron chi connectivity index (χ1n) is 2.66. The summed E-state index contributed by atoms with van der Waals surface area (Å²) in [6.07, 6.45) is 0.658. The van der Waals surface area contributed by atoms with Gasteiger partial charge in [0.25, 0.3) is 0 Å². The molecule has 1 N–H and O–H groups in total. The smallest absolute Gasteiger partial charge is 0.862 e. The van der Waals surface area contributed by atoms with E-state index in [1.807, 2.05) is 0 Å². The Bertz CT molecular complexity index is 168. The molecule has 0 fully saturated rings. The molecule has 60 valence electrons. The summed E-state index contributed by atoms with van der Waals surface area (Å²) >= 11 is 0. The fourth-order valence-corrected chi connectivity index (χ4v) is 0.742. The number of aliphatic carboxylic acids is 1. The van der Waals surface area contributed by atoms with Gasteiger partial charge in [0.05, 0.1) is 0 Å². The third kappa shape index (κ3) is 2.13. The van der Waals surface area contributed by atoms with E-state index in [4.69, 9.17) is 5.11 Å². The maximum Gasteiger partial charge on any atom is 1.00 e. The standard InChI is InChI=1S/C5H7NO3.Ag/c7-4-2-1-3(6-4)5(8)9;/h3H,1-2H2,(H,6,7)(H,8,9);/q;+1/p-1/t3-;/m0./s1. The van der Waals surface area contributed by atoms with Crippen molar-refractivity contribution < 1.29 is 37.4 Å². The molecule has 0 amide bonds. The summed E-state index contributed by atoms with van der Waals surface area (Å²) in [6, 6.07) is -0.766. The Hall–Kier alpha value is -0.320. The first kappa shape index (κ1) is 9.68. The van der Waals surface area contributed by atoms with Crippen LogP contribution in [0, 0.1) is 0 Å². The Morgan fingerprint density at radius 3 is 2.60 bits per heavy atom. The monoisotopic (exact) mass is 235 g/mol. The molecule has 0 saturated carbocycles. The van der Waals surface area contributed by atoms with Crippen LogP contribution in [0.25, 0.3) is 0 Å². The molecule has 0 bridgehead atoms. The zero-order chi connectivity index (χ0) is 6.85. The average molecular weight is 236 g/mol. The predicted molar refractivity (Wildman–Crippen MR) is 28.1 cm³/mol. The molecule has 5 heteroatoms. The van der Waals surface area contributed by atoms with E-state index < -0.39 is 12.0 Å². The fourth-order valence-electron chi connectivity index (χ4n) is 0.742. The van der Waals surface area contributed by atoms with Crippen LogP contribution in [0.4, 0.5) is 0 Å². The first-order valence-corrected chi connectivity index (χ1v) is 2.66. The van der Waals surface area contributed by atoms with Gasteiger partial charge in [-0.05, 0) is 18.7 Å². The maximum absolute atomic E-state index is 10.3. The molecule has 0 aromatic heterocycles. The maximum atomic E-state index is 10.3. The molecule has 1 rings (SSSR count). The van der Waals surface area contributed by atoms with Crippen LogP contribution in [0.15, 0.2) is 4.99 Å². The summed E-state index contributed by atoms with van der Waals surface area (Å²) in [5.74, 6) is -1.29.